The third-order valence-corrected chi connectivity index (χ3v) is 4.68. The van der Waals surface area contributed by atoms with Crippen LogP contribution in [0.25, 0.3) is 0 Å². The van der Waals surface area contributed by atoms with Crippen LogP contribution in [-0.2, 0) is 17.6 Å². The topological polar surface area (TPSA) is 52.7 Å². The number of carbonyl (C=O) groups is 2. The molecule has 5 heteroatoms. The number of hydrogen-bond donors (Lipinski definition) is 1. The highest BCUT2D eigenvalue weighted by Crippen LogP contribution is 2.33. The number of hydrogen-bond acceptors (Lipinski definition) is 2. The summed E-state index contributed by atoms with van der Waals surface area (Å²) in [6, 6.07) is 5.94. The van der Waals surface area contributed by atoms with Crippen LogP contribution in [0.4, 0.5) is 10.5 Å². The Morgan fingerprint density at radius 2 is 1.70 bits per heavy atom. The fourth-order valence-electron chi connectivity index (χ4n) is 3.17. The minimum atomic E-state index is -0.188. The second kappa shape index (κ2) is 6.60. The number of rotatable bonds is 4. The van der Waals surface area contributed by atoms with E-state index in [1.54, 1.807) is 10.0 Å². The van der Waals surface area contributed by atoms with Crippen LogP contribution >= 0.6 is 0 Å². The minimum absolute atomic E-state index is 0.108. The van der Waals surface area contributed by atoms with Gasteiger partial charge >= 0.3 is 6.03 Å². The molecule has 5 nitrogen and oxygen atoms in total. The Morgan fingerprint density at radius 1 is 1.09 bits per heavy atom. The van der Waals surface area contributed by atoms with Crippen LogP contribution in [0.5, 0.6) is 0 Å². The Labute approximate surface area is 137 Å². The lowest BCUT2D eigenvalue weighted by Crippen LogP contribution is -2.47. The zero-order valence-corrected chi connectivity index (χ0v) is 14.0. The van der Waals surface area contributed by atoms with E-state index in [4.69, 9.17) is 0 Å². The zero-order valence-electron chi connectivity index (χ0n) is 14.0. The van der Waals surface area contributed by atoms with Crippen molar-refractivity contribution in [2.24, 2.45) is 5.92 Å². The van der Waals surface area contributed by atoms with Crippen molar-refractivity contribution in [2.75, 3.05) is 18.4 Å². The van der Waals surface area contributed by atoms with E-state index in [0.29, 0.717) is 13.1 Å². The van der Waals surface area contributed by atoms with Crippen LogP contribution in [0, 0.1) is 5.92 Å². The average Bonchev–Trinajstić information content (AvgIpc) is 3.30. The van der Waals surface area contributed by atoms with Crippen molar-refractivity contribution >= 4 is 17.6 Å². The lowest BCUT2D eigenvalue weighted by Gasteiger charge is -2.28. The van der Waals surface area contributed by atoms with E-state index in [2.05, 4.69) is 19.2 Å². The van der Waals surface area contributed by atoms with E-state index in [0.717, 1.165) is 48.9 Å². The Hall–Kier alpha value is -2.04. The van der Waals surface area contributed by atoms with Gasteiger partial charge in [-0.15, -0.1) is 0 Å². The zero-order chi connectivity index (χ0) is 16.4. The molecule has 0 bridgehead atoms. The number of benzene rings is 1. The van der Waals surface area contributed by atoms with E-state index in [1.165, 1.54) is 0 Å². The number of anilines is 1. The molecule has 3 amide bonds. The smallest absolute Gasteiger partial charge is 0.306 e. The molecule has 1 N–H and O–H groups in total. The number of nitrogens with one attached hydrogen (secondary N) is 1. The summed E-state index contributed by atoms with van der Waals surface area (Å²) in [5.74, 6) is 0.245. The first-order valence-electron chi connectivity index (χ1n) is 8.66. The Balaban J connectivity index is 1.77. The van der Waals surface area contributed by atoms with Crippen LogP contribution in [0.2, 0.25) is 0 Å². The van der Waals surface area contributed by atoms with Gasteiger partial charge in [-0.3, -0.25) is 4.79 Å². The molecule has 0 atom stereocenters. The molecule has 2 aliphatic rings. The quantitative estimate of drug-likeness (QED) is 0.927. The SMILES string of the molecule is CCc1cccc(CC)c1NC(=O)N1CCCN1C(=O)C1CC1. The summed E-state index contributed by atoms with van der Waals surface area (Å²) >= 11 is 0. The maximum atomic E-state index is 12.7. The predicted molar refractivity (Wildman–Crippen MR) is 90.0 cm³/mol. The van der Waals surface area contributed by atoms with Crippen LogP contribution in [-0.4, -0.2) is 35.0 Å². The van der Waals surface area contributed by atoms with E-state index in [1.807, 2.05) is 18.2 Å². The van der Waals surface area contributed by atoms with Gasteiger partial charge < -0.3 is 5.32 Å². The van der Waals surface area contributed by atoms with Crippen molar-refractivity contribution in [2.45, 2.75) is 46.0 Å². The highest BCUT2D eigenvalue weighted by atomic mass is 16.2. The van der Waals surface area contributed by atoms with E-state index >= 15 is 0 Å². The van der Waals surface area contributed by atoms with Crippen LogP contribution in [0.3, 0.4) is 0 Å². The largest absolute Gasteiger partial charge is 0.340 e. The summed E-state index contributed by atoms with van der Waals surface area (Å²) in [6.45, 7) is 5.44. The molecule has 0 unspecified atom stereocenters. The summed E-state index contributed by atoms with van der Waals surface area (Å²) in [4.78, 5) is 25.1. The Kier molecular flexibility index (Phi) is 4.55. The van der Waals surface area contributed by atoms with Gasteiger partial charge in [0.1, 0.15) is 0 Å². The number of hydrazine groups is 1. The average molecular weight is 315 g/mol. The monoisotopic (exact) mass is 315 g/mol. The molecule has 0 aromatic heterocycles. The Morgan fingerprint density at radius 3 is 2.26 bits per heavy atom. The second-order valence-electron chi connectivity index (χ2n) is 6.30. The van der Waals surface area contributed by atoms with Crippen molar-refractivity contribution in [3.63, 3.8) is 0 Å². The summed E-state index contributed by atoms with van der Waals surface area (Å²) in [7, 11) is 0. The minimum Gasteiger partial charge on any atom is -0.306 e. The van der Waals surface area contributed by atoms with Crippen LogP contribution in [0.15, 0.2) is 18.2 Å². The molecular formula is C18H25N3O2. The summed E-state index contributed by atoms with van der Waals surface area (Å²) in [5.41, 5.74) is 3.18. The van der Waals surface area contributed by atoms with Crippen molar-refractivity contribution < 1.29 is 9.59 Å². The lowest BCUT2D eigenvalue weighted by atomic mass is 10.0. The third kappa shape index (κ3) is 3.19. The molecule has 1 saturated heterocycles. The van der Waals surface area contributed by atoms with Crippen LogP contribution < -0.4 is 5.32 Å². The molecule has 3 rings (SSSR count). The van der Waals surface area contributed by atoms with Crippen LogP contribution in [0.1, 0.15) is 44.2 Å². The molecule has 1 aliphatic carbocycles. The predicted octanol–water partition coefficient (Wildman–Crippen LogP) is 3.20. The lowest BCUT2D eigenvalue weighted by molar-refractivity contribution is -0.141. The molecule has 1 aromatic carbocycles. The highest BCUT2D eigenvalue weighted by molar-refractivity contribution is 5.93. The first-order chi connectivity index (χ1) is 11.2. The summed E-state index contributed by atoms with van der Waals surface area (Å²) < 4.78 is 0. The molecule has 0 spiro atoms. The molecule has 0 radical (unpaired) electrons. The van der Waals surface area contributed by atoms with Crippen molar-refractivity contribution in [3.05, 3.63) is 29.3 Å². The van der Waals surface area contributed by atoms with Crippen molar-refractivity contribution in [1.82, 2.24) is 10.0 Å². The standard InChI is InChI=1S/C18H25N3O2/c1-3-13-7-5-8-14(4-2)16(13)19-18(23)21-12-6-11-20(21)17(22)15-9-10-15/h5,7-8,15H,3-4,6,9-12H2,1-2H3,(H,19,23). The fourth-order valence-corrected chi connectivity index (χ4v) is 3.17. The fraction of sp³-hybridized carbons (Fsp3) is 0.556. The molecule has 1 aliphatic heterocycles. The van der Waals surface area contributed by atoms with Gasteiger partial charge in [0.25, 0.3) is 0 Å². The van der Waals surface area contributed by atoms with E-state index < -0.39 is 0 Å². The Bertz CT molecular complexity index is 588. The number of para-hydroxylation sites is 1. The van der Waals surface area contributed by atoms with Gasteiger partial charge in [-0.05, 0) is 43.2 Å². The number of urea groups is 1. The molecule has 1 aromatic rings. The van der Waals surface area contributed by atoms with Gasteiger partial charge in [0.2, 0.25) is 5.91 Å². The van der Waals surface area contributed by atoms with Gasteiger partial charge in [-0.2, -0.15) is 0 Å². The molecule has 124 valence electrons. The van der Waals surface area contributed by atoms with E-state index in [-0.39, 0.29) is 17.9 Å². The van der Waals surface area contributed by atoms with Gasteiger partial charge in [-0.1, -0.05) is 32.0 Å². The first kappa shape index (κ1) is 15.8. The maximum Gasteiger partial charge on any atom is 0.340 e. The summed E-state index contributed by atoms with van der Waals surface area (Å²) in [6.07, 6.45) is 4.51. The number of nitrogens with zero attached hydrogens (tertiary/aromatic N) is 2. The number of carbonyl (C=O) groups excluding carboxylic acids is 2. The summed E-state index contributed by atoms with van der Waals surface area (Å²) in [5, 5.41) is 6.30. The highest BCUT2D eigenvalue weighted by Gasteiger charge is 2.39. The van der Waals surface area contributed by atoms with E-state index in [9.17, 15) is 9.59 Å². The van der Waals surface area contributed by atoms with Gasteiger partial charge in [-0.25, -0.2) is 14.8 Å². The normalized spacial score (nSPS) is 17.5. The van der Waals surface area contributed by atoms with Crippen molar-refractivity contribution in [1.29, 1.82) is 0 Å². The molecule has 1 heterocycles. The number of aryl methyl sites for hydroxylation is 2. The van der Waals surface area contributed by atoms with Gasteiger partial charge in [0.05, 0.1) is 0 Å². The molecule has 2 fully saturated rings. The van der Waals surface area contributed by atoms with Crippen molar-refractivity contribution in [3.8, 4) is 0 Å². The molecular weight excluding hydrogens is 290 g/mol. The maximum absolute atomic E-state index is 12.7. The second-order valence-corrected chi connectivity index (χ2v) is 6.30. The molecule has 23 heavy (non-hydrogen) atoms. The van der Waals surface area contributed by atoms with Gasteiger partial charge in [0.15, 0.2) is 0 Å². The third-order valence-electron chi connectivity index (χ3n) is 4.68. The van der Waals surface area contributed by atoms with Gasteiger partial charge in [0, 0.05) is 24.7 Å². The molecule has 1 saturated carbocycles. The first-order valence-corrected chi connectivity index (χ1v) is 8.66. The number of amides is 3.